The second-order valence-corrected chi connectivity index (χ2v) is 6.85. The Labute approximate surface area is 153 Å². The number of hydrogen-bond donors (Lipinski definition) is 0. The van der Waals surface area contributed by atoms with Gasteiger partial charge in [-0.2, -0.15) is 0 Å². The lowest BCUT2D eigenvalue weighted by Crippen LogP contribution is -2.26. The van der Waals surface area contributed by atoms with Crippen molar-refractivity contribution in [2.45, 2.75) is 47.5 Å². The molecular formula is C23H33NO. The third-order valence-electron chi connectivity index (χ3n) is 4.81. The molecule has 0 saturated heterocycles. The second-order valence-electron chi connectivity index (χ2n) is 6.85. The molecule has 2 nitrogen and oxygen atoms in total. The van der Waals surface area contributed by atoms with E-state index in [9.17, 15) is 0 Å². The normalized spacial score (nSPS) is 10.9. The highest BCUT2D eigenvalue weighted by atomic mass is 16.5. The van der Waals surface area contributed by atoms with Crippen LogP contribution in [0.4, 0.5) is 5.69 Å². The summed E-state index contributed by atoms with van der Waals surface area (Å²) in [5.41, 5.74) is 7.99. The quantitative estimate of drug-likeness (QED) is 0.526. The van der Waals surface area contributed by atoms with E-state index in [1.807, 2.05) is 0 Å². The van der Waals surface area contributed by atoms with Crippen molar-refractivity contribution in [3.63, 3.8) is 0 Å². The Bertz CT molecular complexity index is 661. The summed E-state index contributed by atoms with van der Waals surface area (Å²) in [4.78, 5) is 2.48. The van der Waals surface area contributed by atoms with Crippen LogP contribution >= 0.6 is 0 Å². The minimum absolute atomic E-state index is 0.847. The first-order chi connectivity index (χ1) is 12.1. The molecule has 0 spiro atoms. The van der Waals surface area contributed by atoms with Crippen LogP contribution in [0.2, 0.25) is 0 Å². The smallest absolute Gasteiger partial charge is 0.0482 e. The van der Waals surface area contributed by atoms with Crippen LogP contribution in [-0.2, 0) is 4.74 Å². The summed E-state index contributed by atoms with van der Waals surface area (Å²) in [5.74, 6) is 0. The molecule has 0 atom stereocenters. The van der Waals surface area contributed by atoms with Gasteiger partial charge in [0.25, 0.3) is 0 Å². The fourth-order valence-electron chi connectivity index (χ4n) is 3.13. The van der Waals surface area contributed by atoms with E-state index in [1.165, 1.54) is 33.5 Å². The molecule has 136 valence electrons. The van der Waals surface area contributed by atoms with Crippen LogP contribution in [0.25, 0.3) is 11.1 Å². The summed E-state index contributed by atoms with van der Waals surface area (Å²) in [6, 6.07) is 13.5. The van der Waals surface area contributed by atoms with Crippen molar-refractivity contribution in [1.29, 1.82) is 0 Å². The third kappa shape index (κ3) is 5.34. The van der Waals surface area contributed by atoms with Crippen molar-refractivity contribution in [2.75, 3.05) is 31.2 Å². The number of aryl methyl sites for hydroxylation is 2. The lowest BCUT2D eigenvalue weighted by Gasteiger charge is -2.27. The van der Waals surface area contributed by atoms with E-state index in [1.54, 1.807) is 0 Å². The van der Waals surface area contributed by atoms with E-state index in [4.69, 9.17) is 4.74 Å². The number of benzene rings is 2. The van der Waals surface area contributed by atoms with Crippen molar-refractivity contribution < 1.29 is 4.74 Å². The molecule has 2 aromatic carbocycles. The Morgan fingerprint density at radius 2 is 1.60 bits per heavy atom. The van der Waals surface area contributed by atoms with E-state index in [-0.39, 0.29) is 0 Å². The molecule has 25 heavy (non-hydrogen) atoms. The van der Waals surface area contributed by atoms with Crippen molar-refractivity contribution in [2.24, 2.45) is 0 Å². The minimum atomic E-state index is 0.847. The molecule has 2 aromatic rings. The van der Waals surface area contributed by atoms with E-state index >= 15 is 0 Å². The summed E-state index contributed by atoms with van der Waals surface area (Å²) in [6.45, 7) is 14.8. The number of rotatable bonds is 9. The second kappa shape index (κ2) is 9.62. The van der Waals surface area contributed by atoms with Crippen LogP contribution in [0.5, 0.6) is 0 Å². The summed E-state index contributed by atoms with van der Waals surface area (Å²) in [7, 11) is 0. The van der Waals surface area contributed by atoms with Crippen LogP contribution in [0.3, 0.4) is 0 Å². The lowest BCUT2D eigenvalue weighted by molar-refractivity contribution is 0.133. The van der Waals surface area contributed by atoms with E-state index in [0.29, 0.717) is 0 Å². The fraction of sp³-hybridized carbons (Fsp3) is 0.478. The molecule has 0 fully saturated rings. The molecule has 0 aromatic heterocycles. The van der Waals surface area contributed by atoms with Crippen molar-refractivity contribution in [3.8, 4) is 11.1 Å². The van der Waals surface area contributed by atoms with E-state index in [2.05, 4.69) is 75.9 Å². The Kier molecular flexibility index (Phi) is 7.52. The number of hydrogen-bond acceptors (Lipinski definition) is 2. The summed E-state index contributed by atoms with van der Waals surface area (Å²) < 4.78 is 5.65. The molecule has 0 aliphatic heterocycles. The predicted octanol–water partition coefficient (Wildman–Crippen LogP) is 5.92. The largest absolute Gasteiger partial charge is 0.381 e. The number of ether oxygens (including phenoxy) is 1. The average molecular weight is 340 g/mol. The molecule has 0 amide bonds. The first-order valence-electron chi connectivity index (χ1n) is 9.57. The minimum Gasteiger partial charge on any atom is -0.381 e. The van der Waals surface area contributed by atoms with Gasteiger partial charge >= 0.3 is 0 Å². The van der Waals surface area contributed by atoms with Gasteiger partial charge in [0.15, 0.2) is 0 Å². The van der Waals surface area contributed by atoms with Crippen molar-refractivity contribution >= 4 is 5.69 Å². The molecule has 0 heterocycles. The van der Waals surface area contributed by atoms with Crippen molar-refractivity contribution in [1.82, 2.24) is 0 Å². The molecule has 0 aliphatic rings. The van der Waals surface area contributed by atoms with Gasteiger partial charge in [-0.05, 0) is 68.9 Å². The van der Waals surface area contributed by atoms with Gasteiger partial charge < -0.3 is 9.64 Å². The monoisotopic (exact) mass is 339 g/mol. The first-order valence-corrected chi connectivity index (χ1v) is 9.57. The molecule has 0 unspecified atom stereocenters. The van der Waals surface area contributed by atoms with Gasteiger partial charge in [-0.15, -0.1) is 0 Å². The summed E-state index contributed by atoms with van der Waals surface area (Å²) in [6.07, 6.45) is 2.16. The molecule has 0 N–H and O–H groups in total. The lowest BCUT2D eigenvalue weighted by atomic mass is 9.97. The zero-order chi connectivity index (χ0) is 18.2. The van der Waals surface area contributed by atoms with Crippen LogP contribution in [-0.4, -0.2) is 26.3 Å². The molecule has 2 heteroatoms. The Balaban J connectivity index is 2.21. The van der Waals surface area contributed by atoms with Gasteiger partial charge in [0.2, 0.25) is 0 Å². The maximum Gasteiger partial charge on any atom is 0.0482 e. The fourth-order valence-corrected chi connectivity index (χ4v) is 3.13. The SMILES string of the molecule is CCCOCCCN(CC)c1cc(-c2ccc(C)cc2)cc(C)c1C. The Morgan fingerprint density at radius 3 is 2.24 bits per heavy atom. The maximum absolute atomic E-state index is 5.65. The number of anilines is 1. The third-order valence-corrected chi connectivity index (χ3v) is 4.81. The Morgan fingerprint density at radius 1 is 0.880 bits per heavy atom. The molecule has 0 saturated carbocycles. The highest BCUT2D eigenvalue weighted by molar-refractivity contribution is 5.72. The van der Waals surface area contributed by atoms with Gasteiger partial charge in [0.05, 0.1) is 0 Å². The van der Waals surface area contributed by atoms with Crippen LogP contribution in [0.1, 0.15) is 43.4 Å². The topological polar surface area (TPSA) is 12.5 Å². The average Bonchev–Trinajstić information content (AvgIpc) is 2.61. The van der Waals surface area contributed by atoms with E-state index < -0.39 is 0 Å². The zero-order valence-electron chi connectivity index (χ0n) is 16.6. The summed E-state index contributed by atoms with van der Waals surface area (Å²) >= 11 is 0. The molecule has 0 radical (unpaired) electrons. The summed E-state index contributed by atoms with van der Waals surface area (Å²) in [5, 5.41) is 0. The van der Waals surface area contributed by atoms with E-state index in [0.717, 1.165) is 39.1 Å². The van der Waals surface area contributed by atoms with Crippen LogP contribution in [0.15, 0.2) is 36.4 Å². The van der Waals surface area contributed by atoms with Crippen LogP contribution in [0, 0.1) is 20.8 Å². The molecule has 0 bridgehead atoms. The van der Waals surface area contributed by atoms with Crippen molar-refractivity contribution in [3.05, 3.63) is 53.1 Å². The molecular weight excluding hydrogens is 306 g/mol. The standard InChI is InChI=1S/C23H33NO/c1-6-14-25-15-8-13-24(7-2)23-17-22(16-19(4)20(23)5)21-11-9-18(3)10-12-21/h9-12,16-17H,6-8,13-15H2,1-5H3. The highest BCUT2D eigenvalue weighted by Gasteiger charge is 2.12. The van der Waals surface area contributed by atoms with Crippen LogP contribution < -0.4 is 4.90 Å². The van der Waals surface area contributed by atoms with Gasteiger partial charge in [0.1, 0.15) is 0 Å². The first kappa shape index (κ1) is 19.5. The highest BCUT2D eigenvalue weighted by Crippen LogP contribution is 2.31. The van der Waals surface area contributed by atoms with Gasteiger partial charge in [-0.3, -0.25) is 0 Å². The van der Waals surface area contributed by atoms with Gasteiger partial charge in [-0.25, -0.2) is 0 Å². The zero-order valence-corrected chi connectivity index (χ0v) is 16.6. The Hall–Kier alpha value is -1.80. The maximum atomic E-state index is 5.65. The van der Waals surface area contributed by atoms with Gasteiger partial charge in [-0.1, -0.05) is 42.8 Å². The molecule has 0 aliphatic carbocycles. The number of nitrogens with zero attached hydrogens (tertiary/aromatic N) is 1. The predicted molar refractivity (Wildman–Crippen MR) is 110 cm³/mol. The molecule has 2 rings (SSSR count). The van der Waals surface area contributed by atoms with Gasteiger partial charge in [0, 0.05) is 32.0 Å².